The molecule has 0 radical (unpaired) electrons. The largest absolute Gasteiger partial charge is 0.382 e. The summed E-state index contributed by atoms with van der Waals surface area (Å²) in [6.45, 7) is 4.00. The smallest absolute Gasteiger partial charge is 0.249 e. The first-order chi connectivity index (χ1) is 7.06. The van der Waals surface area contributed by atoms with E-state index in [0.29, 0.717) is 6.07 Å². The number of rotatable bonds is 1. The molecule has 0 bridgehead atoms. The molecule has 3 nitrogen and oxygen atoms in total. The molecule has 15 heavy (non-hydrogen) atoms. The first-order valence-corrected chi connectivity index (χ1v) is 4.66. The minimum atomic E-state index is -1.42. The van der Waals surface area contributed by atoms with Crippen molar-refractivity contribution in [1.82, 2.24) is 4.98 Å². The van der Waals surface area contributed by atoms with Crippen molar-refractivity contribution in [3.63, 3.8) is 0 Å². The molecule has 0 aliphatic heterocycles. The van der Waals surface area contributed by atoms with Crippen LogP contribution in [-0.2, 0) is 4.94 Å². The van der Waals surface area contributed by atoms with Crippen LogP contribution in [0.2, 0.25) is 10.3 Å². The Morgan fingerprint density at radius 3 is 2.40 bits per heavy atom. The molecule has 0 fully saturated rings. The van der Waals surface area contributed by atoms with Gasteiger partial charge in [-0.2, -0.15) is 0 Å². The van der Waals surface area contributed by atoms with Crippen LogP contribution in [0.5, 0.6) is 0 Å². The van der Waals surface area contributed by atoms with Gasteiger partial charge >= 0.3 is 5.97 Å². The number of carbonyl (C=O) groups is 1. The summed E-state index contributed by atoms with van der Waals surface area (Å²) in [5.74, 6) is -2.40. The monoisotopic (exact) mass is 257 g/mol. The van der Waals surface area contributed by atoms with Crippen LogP contribution in [0.1, 0.15) is 24.2 Å². The summed E-state index contributed by atoms with van der Waals surface area (Å²) in [6.07, 6.45) is 0. The van der Waals surface area contributed by atoms with Gasteiger partial charge in [-0.05, 0) is 6.07 Å². The summed E-state index contributed by atoms with van der Waals surface area (Å²) >= 11 is 10.6. The van der Waals surface area contributed by atoms with E-state index in [4.69, 9.17) is 23.2 Å². The van der Waals surface area contributed by atoms with Crippen LogP contribution in [0.15, 0.2) is 6.07 Å². The number of hydrogen-bond acceptors (Lipinski definition) is 3. The molecule has 0 spiro atoms. The minimum Gasteiger partial charge on any atom is -0.249 e. The Kier molecular flexibility index (Phi) is 6.12. The predicted octanol–water partition coefficient (Wildman–Crippen LogP) is 3.60. The third kappa shape index (κ3) is 3.60. The molecule has 0 aliphatic rings. The van der Waals surface area contributed by atoms with Crippen molar-refractivity contribution < 1.29 is 18.7 Å². The molecule has 7 heteroatoms. The zero-order chi connectivity index (χ0) is 12.0. The first kappa shape index (κ1) is 14.1. The Labute approximate surface area is 94.9 Å². The van der Waals surface area contributed by atoms with E-state index in [-0.39, 0.29) is 0 Å². The summed E-state index contributed by atoms with van der Waals surface area (Å²) in [7, 11) is 0. The minimum absolute atomic E-state index is 0.422. The normalized spacial score (nSPS) is 8.93. The van der Waals surface area contributed by atoms with Crippen molar-refractivity contribution in [2.24, 2.45) is 0 Å². The van der Waals surface area contributed by atoms with E-state index in [1.807, 2.05) is 13.8 Å². The summed E-state index contributed by atoms with van der Waals surface area (Å²) in [5.41, 5.74) is -0.522. The van der Waals surface area contributed by atoms with Gasteiger partial charge in [0.15, 0.2) is 11.0 Å². The first-order valence-electron chi connectivity index (χ1n) is 3.90. The molecule has 0 aromatic carbocycles. The Morgan fingerprint density at radius 1 is 1.40 bits per heavy atom. The number of carbonyl (C=O) groups excluding carboxylic acids is 1. The predicted molar refractivity (Wildman–Crippen MR) is 52.1 cm³/mol. The molecule has 0 unspecified atom stereocenters. The lowest BCUT2D eigenvalue weighted by Gasteiger charge is -1.99. The average molecular weight is 258 g/mol. The number of nitrogens with zero attached hydrogens (tertiary/aromatic N) is 1. The Balaban J connectivity index is 0.000000921. The van der Waals surface area contributed by atoms with E-state index in [9.17, 15) is 13.7 Å². The quantitative estimate of drug-likeness (QED) is 0.722. The molecule has 0 aliphatic carbocycles. The maximum atomic E-state index is 12.7. The molecule has 0 amide bonds. The van der Waals surface area contributed by atoms with Crippen LogP contribution in [0, 0.1) is 5.82 Å². The second-order valence-electron chi connectivity index (χ2n) is 1.96. The van der Waals surface area contributed by atoms with Gasteiger partial charge in [0.1, 0.15) is 10.7 Å². The van der Waals surface area contributed by atoms with Gasteiger partial charge in [-0.3, -0.25) is 0 Å². The highest BCUT2D eigenvalue weighted by Gasteiger charge is 2.17. The van der Waals surface area contributed by atoms with Crippen molar-refractivity contribution in [3.05, 3.63) is 27.8 Å². The maximum Gasteiger partial charge on any atom is 0.382 e. The van der Waals surface area contributed by atoms with Gasteiger partial charge in [0.25, 0.3) is 0 Å². The second kappa shape index (κ2) is 6.53. The average Bonchev–Trinajstić information content (AvgIpc) is 2.25. The van der Waals surface area contributed by atoms with Crippen LogP contribution in [-0.4, -0.2) is 11.0 Å². The number of pyridine rings is 1. The molecule has 1 aromatic heterocycles. The molecule has 0 N–H and O–H groups in total. The fourth-order valence-corrected chi connectivity index (χ4v) is 1.03. The van der Waals surface area contributed by atoms with Crippen molar-refractivity contribution in [3.8, 4) is 0 Å². The molecule has 0 atom stereocenters. The SMILES string of the molecule is CC.O=C(OF)c1cc(F)c(Cl)nc1Cl. The molecular formula is C8H7Cl2F2NO2. The van der Waals surface area contributed by atoms with Crippen LogP contribution in [0.25, 0.3) is 0 Å². The lowest BCUT2D eigenvalue weighted by Crippen LogP contribution is -2.02. The summed E-state index contributed by atoms with van der Waals surface area (Å²) in [4.78, 5) is 16.6. The summed E-state index contributed by atoms with van der Waals surface area (Å²) < 4.78 is 24.1. The fraction of sp³-hybridized carbons (Fsp3) is 0.250. The van der Waals surface area contributed by atoms with Crippen LogP contribution >= 0.6 is 23.2 Å². The van der Waals surface area contributed by atoms with Gasteiger partial charge in [0.2, 0.25) is 0 Å². The molecular weight excluding hydrogens is 251 g/mol. The zero-order valence-corrected chi connectivity index (χ0v) is 9.36. The highest BCUT2D eigenvalue weighted by atomic mass is 35.5. The van der Waals surface area contributed by atoms with Gasteiger partial charge in [-0.1, -0.05) is 37.0 Å². The fourth-order valence-electron chi connectivity index (χ4n) is 0.630. The summed E-state index contributed by atoms with van der Waals surface area (Å²) in [5, 5.41) is -0.922. The van der Waals surface area contributed by atoms with Crippen molar-refractivity contribution in [2.75, 3.05) is 0 Å². The van der Waals surface area contributed by atoms with Crippen LogP contribution < -0.4 is 0 Å². The van der Waals surface area contributed by atoms with Gasteiger partial charge in [-0.15, -0.1) is 0 Å². The Hall–Kier alpha value is -0.940. The van der Waals surface area contributed by atoms with E-state index < -0.39 is 27.7 Å². The third-order valence-corrected chi connectivity index (χ3v) is 1.73. The van der Waals surface area contributed by atoms with Crippen LogP contribution in [0.3, 0.4) is 0 Å². The zero-order valence-electron chi connectivity index (χ0n) is 7.85. The standard InChI is InChI=1S/C6HCl2F2NO2.C2H6/c7-4-2(6(12)13-10)1-3(9)5(8)11-4;1-2/h1H;1-2H3. The third-order valence-electron chi connectivity index (χ3n) is 1.18. The number of hydrogen-bond donors (Lipinski definition) is 0. The van der Waals surface area contributed by atoms with E-state index >= 15 is 0 Å². The molecule has 1 rings (SSSR count). The molecule has 84 valence electrons. The van der Waals surface area contributed by atoms with E-state index in [1.165, 1.54) is 0 Å². The van der Waals surface area contributed by atoms with E-state index in [0.717, 1.165) is 0 Å². The van der Waals surface area contributed by atoms with Gasteiger partial charge < -0.3 is 0 Å². The summed E-state index contributed by atoms with van der Waals surface area (Å²) in [6, 6.07) is 0.638. The lowest BCUT2D eigenvalue weighted by atomic mass is 10.3. The number of aromatic nitrogens is 1. The second-order valence-corrected chi connectivity index (χ2v) is 2.68. The Bertz CT molecular complexity index is 361. The molecule has 0 saturated carbocycles. The van der Waals surface area contributed by atoms with E-state index in [2.05, 4.69) is 9.93 Å². The van der Waals surface area contributed by atoms with E-state index in [1.54, 1.807) is 0 Å². The highest BCUT2D eigenvalue weighted by molar-refractivity contribution is 6.34. The van der Waals surface area contributed by atoms with Crippen molar-refractivity contribution >= 4 is 29.2 Å². The van der Waals surface area contributed by atoms with Crippen molar-refractivity contribution in [2.45, 2.75) is 13.8 Å². The van der Waals surface area contributed by atoms with Crippen molar-refractivity contribution in [1.29, 1.82) is 0 Å². The Morgan fingerprint density at radius 2 is 1.93 bits per heavy atom. The van der Waals surface area contributed by atoms with Crippen LogP contribution in [0.4, 0.5) is 8.92 Å². The molecule has 1 heterocycles. The van der Waals surface area contributed by atoms with Gasteiger partial charge in [0, 0.05) is 4.53 Å². The maximum absolute atomic E-state index is 12.7. The topological polar surface area (TPSA) is 39.2 Å². The highest BCUT2D eigenvalue weighted by Crippen LogP contribution is 2.20. The molecule has 1 aromatic rings. The molecule has 0 saturated heterocycles. The lowest BCUT2D eigenvalue weighted by molar-refractivity contribution is -0.0788. The number of halogens is 4. The van der Waals surface area contributed by atoms with Gasteiger partial charge in [0.05, 0.1) is 0 Å². The van der Waals surface area contributed by atoms with Gasteiger partial charge in [-0.25, -0.2) is 19.1 Å².